The number of anilines is 1. The fourth-order valence-corrected chi connectivity index (χ4v) is 1.36. The smallest absolute Gasteiger partial charge is 0.253 e. The first-order valence-electron chi connectivity index (χ1n) is 5.34. The van der Waals surface area contributed by atoms with Gasteiger partial charge in [-0.05, 0) is 18.6 Å². The van der Waals surface area contributed by atoms with Crippen LogP contribution in [-0.4, -0.2) is 19.6 Å². The van der Waals surface area contributed by atoms with Gasteiger partial charge < -0.3 is 15.8 Å². The number of hydrogen-bond donors (Lipinski definition) is 2. The van der Waals surface area contributed by atoms with Crippen molar-refractivity contribution in [2.45, 2.75) is 12.8 Å². The molecule has 1 aromatic carbocycles. The van der Waals surface area contributed by atoms with Crippen LogP contribution < -0.4 is 15.8 Å². The van der Waals surface area contributed by atoms with Crippen LogP contribution in [0.1, 0.15) is 23.2 Å². The van der Waals surface area contributed by atoms with Crippen molar-refractivity contribution in [3.05, 3.63) is 23.8 Å². The lowest BCUT2D eigenvalue weighted by Crippen LogP contribution is -2.25. The molecule has 90 valence electrons. The van der Waals surface area contributed by atoms with Crippen LogP contribution >= 0.6 is 0 Å². The van der Waals surface area contributed by atoms with Crippen molar-refractivity contribution in [3.63, 3.8) is 0 Å². The first kappa shape index (κ1) is 12.9. The van der Waals surface area contributed by atoms with E-state index in [1.54, 1.807) is 25.3 Å². The zero-order valence-electron chi connectivity index (χ0n) is 9.82. The number of unbranched alkanes of at least 4 members (excludes halogenated alkanes) is 1. The molecule has 0 fully saturated rings. The van der Waals surface area contributed by atoms with E-state index in [-0.39, 0.29) is 5.91 Å². The molecule has 1 aromatic rings. The lowest BCUT2D eigenvalue weighted by molar-refractivity contribution is 0.0954. The minimum atomic E-state index is -0.192. The van der Waals surface area contributed by atoms with Crippen molar-refractivity contribution in [1.29, 1.82) is 0 Å². The molecule has 0 aliphatic heterocycles. The highest BCUT2D eigenvalue weighted by Gasteiger charge is 2.09. The molecule has 1 rings (SSSR count). The van der Waals surface area contributed by atoms with Crippen molar-refractivity contribution in [3.8, 4) is 18.1 Å². The number of nitrogens with two attached hydrogens (primary N) is 1. The molecule has 3 N–H and O–H groups in total. The van der Waals surface area contributed by atoms with Gasteiger partial charge in [0.15, 0.2) is 0 Å². The van der Waals surface area contributed by atoms with Gasteiger partial charge in [0.05, 0.1) is 12.7 Å². The topological polar surface area (TPSA) is 64.3 Å². The van der Waals surface area contributed by atoms with E-state index >= 15 is 0 Å². The fraction of sp³-hybridized carbons (Fsp3) is 0.308. The summed E-state index contributed by atoms with van der Waals surface area (Å²) in [6.45, 7) is 0.550. The molecule has 0 heterocycles. The van der Waals surface area contributed by atoms with E-state index < -0.39 is 0 Å². The third-order valence-corrected chi connectivity index (χ3v) is 2.29. The van der Waals surface area contributed by atoms with E-state index in [0.29, 0.717) is 30.0 Å². The lowest BCUT2D eigenvalue weighted by Gasteiger charge is -2.08. The van der Waals surface area contributed by atoms with E-state index in [9.17, 15) is 4.79 Å². The summed E-state index contributed by atoms with van der Waals surface area (Å²) in [4.78, 5) is 11.7. The molecule has 4 heteroatoms. The summed E-state index contributed by atoms with van der Waals surface area (Å²) < 4.78 is 5.01. The first-order valence-corrected chi connectivity index (χ1v) is 5.34. The average Bonchev–Trinajstić information content (AvgIpc) is 2.34. The third kappa shape index (κ3) is 3.72. The van der Waals surface area contributed by atoms with Crippen LogP contribution in [-0.2, 0) is 0 Å². The molecule has 0 aliphatic carbocycles. The monoisotopic (exact) mass is 232 g/mol. The molecular formula is C13H16N2O2. The number of amides is 1. The molecule has 0 saturated carbocycles. The molecule has 0 radical (unpaired) electrons. The zero-order valence-corrected chi connectivity index (χ0v) is 9.82. The maximum atomic E-state index is 11.7. The van der Waals surface area contributed by atoms with Gasteiger partial charge in [0, 0.05) is 24.7 Å². The highest BCUT2D eigenvalue weighted by molar-refractivity contribution is 5.99. The van der Waals surface area contributed by atoms with Gasteiger partial charge in [0.1, 0.15) is 5.75 Å². The van der Waals surface area contributed by atoms with Crippen molar-refractivity contribution >= 4 is 11.6 Å². The van der Waals surface area contributed by atoms with E-state index in [1.165, 1.54) is 0 Å². The second-order valence-corrected chi connectivity index (χ2v) is 3.52. The second kappa shape index (κ2) is 6.44. The van der Waals surface area contributed by atoms with Crippen LogP contribution in [0.15, 0.2) is 18.2 Å². The Morgan fingerprint density at radius 2 is 2.35 bits per heavy atom. The number of carbonyl (C=O) groups is 1. The number of benzene rings is 1. The Hall–Kier alpha value is -2.15. The zero-order chi connectivity index (χ0) is 12.7. The molecule has 0 saturated heterocycles. The summed E-state index contributed by atoms with van der Waals surface area (Å²) in [5.74, 6) is 2.95. The molecule has 0 unspecified atom stereocenters. The van der Waals surface area contributed by atoms with Crippen LogP contribution in [0.2, 0.25) is 0 Å². The van der Waals surface area contributed by atoms with Crippen molar-refractivity contribution < 1.29 is 9.53 Å². The van der Waals surface area contributed by atoms with Crippen molar-refractivity contribution in [1.82, 2.24) is 5.32 Å². The standard InChI is InChI=1S/C13H16N2O2/c1-3-4-5-8-15-13(16)11-7-6-10(17-2)9-12(11)14/h1,6-7,9H,4-5,8,14H2,2H3,(H,15,16). The highest BCUT2D eigenvalue weighted by Crippen LogP contribution is 2.19. The predicted molar refractivity (Wildman–Crippen MR) is 67.8 cm³/mol. The predicted octanol–water partition coefficient (Wildman–Crippen LogP) is 1.42. The number of carbonyl (C=O) groups excluding carboxylic acids is 1. The summed E-state index contributed by atoms with van der Waals surface area (Å²) in [5, 5.41) is 2.76. The first-order chi connectivity index (χ1) is 8.19. The minimum absolute atomic E-state index is 0.192. The van der Waals surface area contributed by atoms with Gasteiger partial charge in [0.25, 0.3) is 5.91 Å². The number of nitrogens with one attached hydrogen (secondary N) is 1. The number of terminal acetylenes is 1. The number of rotatable bonds is 5. The van der Waals surface area contributed by atoms with E-state index in [0.717, 1.165) is 6.42 Å². The summed E-state index contributed by atoms with van der Waals surface area (Å²) in [6.07, 6.45) is 6.53. The molecule has 0 spiro atoms. The van der Waals surface area contributed by atoms with Crippen molar-refractivity contribution in [2.24, 2.45) is 0 Å². The Bertz CT molecular complexity index is 436. The number of methoxy groups -OCH3 is 1. The molecule has 0 bridgehead atoms. The molecule has 0 aromatic heterocycles. The summed E-state index contributed by atoms with van der Waals surface area (Å²) in [5.41, 5.74) is 6.61. The van der Waals surface area contributed by atoms with E-state index in [2.05, 4.69) is 11.2 Å². The van der Waals surface area contributed by atoms with Gasteiger partial charge in [-0.3, -0.25) is 4.79 Å². The maximum absolute atomic E-state index is 11.7. The largest absolute Gasteiger partial charge is 0.497 e. The highest BCUT2D eigenvalue weighted by atomic mass is 16.5. The Morgan fingerprint density at radius 3 is 2.94 bits per heavy atom. The molecule has 1 amide bonds. The van der Waals surface area contributed by atoms with Crippen LogP contribution in [0.5, 0.6) is 5.75 Å². The van der Waals surface area contributed by atoms with Gasteiger partial charge in [-0.25, -0.2) is 0 Å². The van der Waals surface area contributed by atoms with Crippen LogP contribution in [0.25, 0.3) is 0 Å². The van der Waals surface area contributed by atoms with Gasteiger partial charge in [-0.15, -0.1) is 12.3 Å². The Labute approximate surface area is 101 Å². The van der Waals surface area contributed by atoms with Gasteiger partial charge in [-0.1, -0.05) is 0 Å². The third-order valence-electron chi connectivity index (χ3n) is 2.29. The Kier molecular flexibility index (Phi) is 4.89. The number of nitrogen functional groups attached to an aromatic ring is 1. The lowest BCUT2D eigenvalue weighted by atomic mass is 10.1. The SMILES string of the molecule is C#CCCCNC(=O)c1ccc(OC)cc1N. The van der Waals surface area contributed by atoms with Crippen LogP contribution in [0.4, 0.5) is 5.69 Å². The second-order valence-electron chi connectivity index (χ2n) is 3.52. The Morgan fingerprint density at radius 1 is 1.59 bits per heavy atom. The van der Waals surface area contributed by atoms with Crippen LogP contribution in [0, 0.1) is 12.3 Å². The van der Waals surface area contributed by atoms with Crippen LogP contribution in [0.3, 0.4) is 0 Å². The summed E-state index contributed by atoms with van der Waals surface area (Å²) in [7, 11) is 1.55. The molecule has 17 heavy (non-hydrogen) atoms. The summed E-state index contributed by atoms with van der Waals surface area (Å²) >= 11 is 0. The van der Waals surface area contributed by atoms with Crippen molar-refractivity contribution in [2.75, 3.05) is 19.4 Å². The number of ether oxygens (including phenoxy) is 1. The number of hydrogen-bond acceptors (Lipinski definition) is 3. The molecule has 0 atom stereocenters. The fourth-order valence-electron chi connectivity index (χ4n) is 1.36. The molecule has 0 aliphatic rings. The molecule has 4 nitrogen and oxygen atoms in total. The van der Waals surface area contributed by atoms with Gasteiger partial charge >= 0.3 is 0 Å². The van der Waals surface area contributed by atoms with Gasteiger partial charge in [0.2, 0.25) is 0 Å². The van der Waals surface area contributed by atoms with E-state index in [4.69, 9.17) is 16.9 Å². The average molecular weight is 232 g/mol. The maximum Gasteiger partial charge on any atom is 0.253 e. The van der Waals surface area contributed by atoms with E-state index in [1.807, 2.05) is 0 Å². The normalized spacial score (nSPS) is 9.41. The Balaban J connectivity index is 2.60. The minimum Gasteiger partial charge on any atom is -0.497 e. The quantitative estimate of drug-likeness (QED) is 0.458. The molecular weight excluding hydrogens is 216 g/mol. The summed E-state index contributed by atoms with van der Waals surface area (Å²) in [6, 6.07) is 4.97. The van der Waals surface area contributed by atoms with Gasteiger partial charge in [-0.2, -0.15) is 0 Å².